The first-order chi connectivity index (χ1) is 10.1. The highest BCUT2D eigenvalue weighted by Crippen LogP contribution is 2.47. The van der Waals surface area contributed by atoms with Crippen molar-refractivity contribution in [1.82, 2.24) is 5.06 Å². The van der Waals surface area contributed by atoms with Crippen LogP contribution in [0.3, 0.4) is 0 Å². The zero-order valence-electron chi connectivity index (χ0n) is 13.0. The third-order valence-electron chi connectivity index (χ3n) is 5.25. The van der Waals surface area contributed by atoms with E-state index in [-0.39, 0.29) is 11.6 Å². The fourth-order valence-corrected chi connectivity index (χ4v) is 3.92. The molecule has 0 saturated carbocycles. The molecule has 0 bridgehead atoms. The molecule has 1 aliphatic heterocycles. The van der Waals surface area contributed by atoms with Gasteiger partial charge in [-0.05, 0) is 30.7 Å². The predicted molar refractivity (Wildman–Crippen MR) is 79.8 cm³/mol. The molecule has 4 nitrogen and oxygen atoms in total. The van der Waals surface area contributed by atoms with Crippen LogP contribution in [0.4, 0.5) is 0 Å². The van der Waals surface area contributed by atoms with Crippen molar-refractivity contribution < 1.29 is 14.4 Å². The van der Waals surface area contributed by atoms with Crippen molar-refractivity contribution in [3.8, 4) is 0 Å². The first kappa shape index (κ1) is 14.7. The van der Waals surface area contributed by atoms with Gasteiger partial charge in [-0.25, -0.2) is 0 Å². The lowest BCUT2D eigenvalue weighted by Crippen LogP contribution is -2.48. The van der Waals surface area contributed by atoms with Crippen molar-refractivity contribution in [2.24, 2.45) is 11.3 Å². The normalized spacial score (nSPS) is 33.2. The molecule has 1 aliphatic carbocycles. The molecule has 1 aromatic rings. The Morgan fingerprint density at radius 3 is 2.71 bits per heavy atom. The number of carbonyl (C=O) groups is 1. The molecule has 3 unspecified atom stereocenters. The van der Waals surface area contributed by atoms with Gasteiger partial charge in [-0.15, -0.1) is 0 Å². The van der Waals surface area contributed by atoms with Crippen LogP contribution >= 0.6 is 0 Å². The summed E-state index contributed by atoms with van der Waals surface area (Å²) in [5, 5.41) is 1.87. The van der Waals surface area contributed by atoms with E-state index in [2.05, 4.69) is 13.0 Å². The van der Waals surface area contributed by atoms with E-state index < -0.39 is 0 Å². The Kier molecular flexibility index (Phi) is 3.86. The van der Waals surface area contributed by atoms with Gasteiger partial charge in [-0.2, -0.15) is 5.06 Å². The van der Waals surface area contributed by atoms with Gasteiger partial charge in [-0.1, -0.05) is 31.2 Å². The Morgan fingerprint density at radius 2 is 2.05 bits per heavy atom. The number of ketones is 1. The van der Waals surface area contributed by atoms with Gasteiger partial charge in [0, 0.05) is 24.6 Å². The van der Waals surface area contributed by atoms with Gasteiger partial charge >= 0.3 is 0 Å². The molecule has 1 heterocycles. The summed E-state index contributed by atoms with van der Waals surface area (Å²) in [5.74, 6) is 0.623. The monoisotopic (exact) mass is 289 g/mol. The number of ether oxygens (including phenoxy) is 1. The smallest absolute Gasteiger partial charge is 0.169 e. The van der Waals surface area contributed by atoms with Crippen LogP contribution in [0.25, 0.3) is 0 Å². The maximum Gasteiger partial charge on any atom is 0.169 e. The number of piperidine rings is 1. The molecule has 0 aromatic heterocycles. The number of hydrogen-bond donors (Lipinski definition) is 0. The first-order valence-corrected chi connectivity index (χ1v) is 7.56. The molecule has 0 spiro atoms. The van der Waals surface area contributed by atoms with Crippen LogP contribution in [0, 0.1) is 11.3 Å². The highest BCUT2D eigenvalue weighted by molar-refractivity contribution is 6.04. The van der Waals surface area contributed by atoms with Gasteiger partial charge in [0.15, 0.2) is 5.78 Å². The molecule has 0 radical (unpaired) electrons. The summed E-state index contributed by atoms with van der Waals surface area (Å²) in [6, 6.07) is 8.01. The Balaban J connectivity index is 1.83. The van der Waals surface area contributed by atoms with Crippen molar-refractivity contribution in [3.05, 3.63) is 35.4 Å². The van der Waals surface area contributed by atoms with Crippen LogP contribution in [0.5, 0.6) is 0 Å². The van der Waals surface area contributed by atoms with Gasteiger partial charge in [0.05, 0.1) is 7.11 Å². The Bertz CT molecular complexity index is 545. The highest BCUT2D eigenvalue weighted by Gasteiger charge is 2.49. The van der Waals surface area contributed by atoms with Crippen LogP contribution in [-0.4, -0.2) is 37.8 Å². The molecule has 1 aromatic carbocycles. The van der Waals surface area contributed by atoms with E-state index in [9.17, 15) is 4.79 Å². The quantitative estimate of drug-likeness (QED) is 0.857. The molecular formula is C17H23NO3. The lowest BCUT2D eigenvalue weighted by Gasteiger charge is -2.42. The number of Topliss-reactive ketones (excluding diaryl/α,β-unsaturated/α-hetero) is 1. The summed E-state index contributed by atoms with van der Waals surface area (Å²) in [7, 11) is 3.37. The van der Waals surface area contributed by atoms with Gasteiger partial charge in [0.25, 0.3) is 0 Å². The van der Waals surface area contributed by atoms with Crippen molar-refractivity contribution >= 4 is 5.78 Å². The topological polar surface area (TPSA) is 38.8 Å². The molecule has 4 heteroatoms. The summed E-state index contributed by atoms with van der Waals surface area (Å²) in [6.07, 6.45) is 2.57. The minimum atomic E-state index is -0.305. The number of rotatable bonds is 3. The number of benzene rings is 1. The standard InChI is InChI=1S/C17H23NO3/c1-17(11-12-6-4-5-7-14(12)16(17)19)13-8-9-18(21-3)15(10-13)20-2/h4-7,13,15H,8-11H2,1-3H3. The third-order valence-corrected chi connectivity index (χ3v) is 5.25. The maximum absolute atomic E-state index is 12.9. The molecule has 1 saturated heterocycles. The van der Waals surface area contributed by atoms with E-state index in [4.69, 9.17) is 9.57 Å². The maximum atomic E-state index is 12.9. The predicted octanol–water partition coefficient (Wildman–Crippen LogP) is 2.68. The summed E-state index contributed by atoms with van der Waals surface area (Å²) in [6.45, 7) is 2.92. The second kappa shape index (κ2) is 5.52. The summed E-state index contributed by atoms with van der Waals surface area (Å²) >= 11 is 0. The molecule has 1 fully saturated rings. The van der Waals surface area contributed by atoms with Crippen molar-refractivity contribution in [3.63, 3.8) is 0 Å². The van der Waals surface area contributed by atoms with E-state index in [0.29, 0.717) is 11.7 Å². The molecule has 0 N–H and O–H groups in total. The zero-order valence-corrected chi connectivity index (χ0v) is 13.0. The van der Waals surface area contributed by atoms with E-state index >= 15 is 0 Å². The summed E-state index contributed by atoms with van der Waals surface area (Å²) < 4.78 is 5.53. The minimum absolute atomic E-state index is 0.0675. The third kappa shape index (κ3) is 2.31. The molecule has 2 aliphatic rings. The number of fused-ring (bicyclic) bond motifs is 1. The molecule has 3 rings (SSSR count). The number of hydrogen-bond acceptors (Lipinski definition) is 4. The van der Waals surface area contributed by atoms with Gasteiger partial charge in [0.2, 0.25) is 0 Å². The fraction of sp³-hybridized carbons (Fsp3) is 0.588. The number of nitrogens with zero attached hydrogens (tertiary/aromatic N) is 1. The highest BCUT2D eigenvalue weighted by atomic mass is 16.7. The van der Waals surface area contributed by atoms with Crippen LogP contribution < -0.4 is 0 Å². The summed E-state index contributed by atoms with van der Waals surface area (Å²) in [5.41, 5.74) is 1.79. The first-order valence-electron chi connectivity index (χ1n) is 7.56. The van der Waals surface area contributed by atoms with Crippen molar-refractivity contribution in [1.29, 1.82) is 0 Å². The Morgan fingerprint density at radius 1 is 1.29 bits per heavy atom. The van der Waals surface area contributed by atoms with Crippen LogP contribution in [0.1, 0.15) is 35.7 Å². The van der Waals surface area contributed by atoms with Crippen LogP contribution in [0.2, 0.25) is 0 Å². The summed E-state index contributed by atoms with van der Waals surface area (Å²) in [4.78, 5) is 18.2. The number of methoxy groups -OCH3 is 1. The molecule has 0 amide bonds. The second-order valence-electron chi connectivity index (χ2n) is 6.32. The van der Waals surface area contributed by atoms with Crippen LogP contribution in [-0.2, 0) is 16.0 Å². The largest absolute Gasteiger partial charge is 0.364 e. The lowest BCUT2D eigenvalue weighted by atomic mass is 9.69. The zero-order chi connectivity index (χ0) is 15.0. The van der Waals surface area contributed by atoms with E-state index in [0.717, 1.165) is 31.4 Å². The van der Waals surface area contributed by atoms with E-state index in [1.807, 2.05) is 23.3 Å². The SMILES string of the molecule is COC1CC(C2(C)Cc3ccccc3C2=O)CCN1OC. The fourth-order valence-electron chi connectivity index (χ4n) is 3.92. The van der Waals surface area contributed by atoms with E-state index in [1.165, 1.54) is 5.56 Å². The Labute approximate surface area is 126 Å². The molecular weight excluding hydrogens is 266 g/mol. The Hall–Kier alpha value is -1.23. The van der Waals surface area contributed by atoms with E-state index in [1.54, 1.807) is 14.2 Å². The molecule has 114 valence electrons. The minimum Gasteiger partial charge on any atom is -0.364 e. The molecule has 21 heavy (non-hydrogen) atoms. The lowest BCUT2D eigenvalue weighted by molar-refractivity contribution is -0.252. The van der Waals surface area contributed by atoms with Crippen molar-refractivity contribution in [2.75, 3.05) is 20.8 Å². The van der Waals surface area contributed by atoms with Crippen molar-refractivity contribution in [2.45, 2.75) is 32.4 Å². The van der Waals surface area contributed by atoms with Gasteiger partial charge < -0.3 is 4.74 Å². The molecule has 3 atom stereocenters. The van der Waals surface area contributed by atoms with Gasteiger partial charge in [-0.3, -0.25) is 9.63 Å². The van der Waals surface area contributed by atoms with Crippen LogP contribution in [0.15, 0.2) is 24.3 Å². The number of carbonyl (C=O) groups excluding carboxylic acids is 1. The second-order valence-corrected chi connectivity index (χ2v) is 6.32. The average Bonchev–Trinajstić information content (AvgIpc) is 2.79. The number of hydroxylamine groups is 2. The van der Waals surface area contributed by atoms with Gasteiger partial charge in [0.1, 0.15) is 6.23 Å². The average molecular weight is 289 g/mol.